The van der Waals surface area contributed by atoms with Crippen LogP contribution in [0.15, 0.2) is 11.6 Å². The van der Waals surface area contributed by atoms with Crippen molar-refractivity contribution in [2.75, 3.05) is 19.7 Å². The maximum absolute atomic E-state index is 10.7. The molecule has 68 valence electrons. The molecule has 4 nitrogen and oxygen atoms in total. The molecule has 1 amide bonds. The average molecular weight is 170 g/mol. The smallest absolute Gasteiger partial charge is 0.244 e. The topological polar surface area (TPSA) is 64.3 Å². The summed E-state index contributed by atoms with van der Waals surface area (Å²) in [5, 5.41) is 3.16. The standard InChI is InChI=1S/C8H14N2O2/c1-6(8(9)11)4-7-5-10-2-3-12-7/h4,7,10H,2-3,5H2,1H3,(H2,9,11). The summed E-state index contributed by atoms with van der Waals surface area (Å²) in [5.41, 5.74) is 5.63. The van der Waals surface area contributed by atoms with Crippen LogP contribution < -0.4 is 11.1 Å². The lowest BCUT2D eigenvalue weighted by Crippen LogP contribution is -2.37. The van der Waals surface area contributed by atoms with Crippen LogP contribution in [0.5, 0.6) is 0 Å². The average Bonchev–Trinajstić information content (AvgIpc) is 2.06. The van der Waals surface area contributed by atoms with Gasteiger partial charge in [-0.2, -0.15) is 0 Å². The minimum Gasteiger partial charge on any atom is -0.371 e. The number of hydrogen-bond donors (Lipinski definition) is 2. The Hall–Kier alpha value is -0.870. The van der Waals surface area contributed by atoms with Gasteiger partial charge in [-0.3, -0.25) is 4.79 Å². The monoisotopic (exact) mass is 170 g/mol. The van der Waals surface area contributed by atoms with Gasteiger partial charge in [-0.05, 0) is 13.0 Å². The van der Waals surface area contributed by atoms with Gasteiger partial charge >= 0.3 is 0 Å². The van der Waals surface area contributed by atoms with Gasteiger partial charge in [0.15, 0.2) is 0 Å². The Morgan fingerprint density at radius 1 is 1.75 bits per heavy atom. The van der Waals surface area contributed by atoms with Gasteiger partial charge < -0.3 is 15.8 Å². The molecule has 1 atom stereocenters. The van der Waals surface area contributed by atoms with Gasteiger partial charge in [-0.1, -0.05) is 0 Å². The first-order valence-electron chi connectivity index (χ1n) is 4.00. The van der Waals surface area contributed by atoms with Crippen LogP contribution in [0, 0.1) is 0 Å². The Bertz CT molecular complexity index is 195. The SMILES string of the molecule is CC(=CC1CNCCO1)C(N)=O. The molecular formula is C8H14N2O2. The molecule has 1 fully saturated rings. The molecule has 0 saturated carbocycles. The highest BCUT2D eigenvalue weighted by Gasteiger charge is 2.11. The lowest BCUT2D eigenvalue weighted by atomic mass is 10.2. The molecule has 0 spiro atoms. The van der Waals surface area contributed by atoms with Crippen molar-refractivity contribution in [1.29, 1.82) is 0 Å². The van der Waals surface area contributed by atoms with Crippen LogP contribution in [0.1, 0.15) is 6.92 Å². The first kappa shape index (κ1) is 9.22. The summed E-state index contributed by atoms with van der Waals surface area (Å²) in [5.74, 6) is -0.385. The summed E-state index contributed by atoms with van der Waals surface area (Å²) in [6.45, 7) is 4.01. The Labute approximate surface area is 71.8 Å². The molecule has 4 heteroatoms. The fourth-order valence-electron chi connectivity index (χ4n) is 1.05. The zero-order chi connectivity index (χ0) is 8.97. The highest BCUT2D eigenvalue weighted by atomic mass is 16.5. The number of hydrogen-bond acceptors (Lipinski definition) is 3. The van der Waals surface area contributed by atoms with Gasteiger partial charge in [-0.15, -0.1) is 0 Å². The van der Waals surface area contributed by atoms with E-state index in [1.54, 1.807) is 13.0 Å². The highest BCUT2D eigenvalue weighted by molar-refractivity contribution is 5.91. The molecule has 1 unspecified atom stereocenters. The number of nitrogens with two attached hydrogens (primary N) is 1. The van der Waals surface area contributed by atoms with Gasteiger partial charge in [0.2, 0.25) is 5.91 Å². The molecule has 1 aliphatic heterocycles. The third kappa shape index (κ3) is 2.64. The van der Waals surface area contributed by atoms with E-state index in [4.69, 9.17) is 10.5 Å². The van der Waals surface area contributed by atoms with Crippen molar-refractivity contribution in [2.24, 2.45) is 5.73 Å². The second-order valence-electron chi connectivity index (χ2n) is 2.83. The van der Waals surface area contributed by atoms with Crippen molar-refractivity contribution >= 4 is 5.91 Å². The lowest BCUT2D eigenvalue weighted by molar-refractivity contribution is -0.114. The van der Waals surface area contributed by atoms with Crippen molar-refractivity contribution in [1.82, 2.24) is 5.32 Å². The highest BCUT2D eigenvalue weighted by Crippen LogP contribution is 2.01. The van der Waals surface area contributed by atoms with Gasteiger partial charge in [0.05, 0.1) is 12.7 Å². The molecule has 0 bridgehead atoms. The predicted molar refractivity (Wildman–Crippen MR) is 45.6 cm³/mol. The molecular weight excluding hydrogens is 156 g/mol. The molecule has 1 aliphatic rings. The number of carbonyl (C=O) groups is 1. The van der Waals surface area contributed by atoms with Gasteiger partial charge in [0.25, 0.3) is 0 Å². The van der Waals surface area contributed by atoms with E-state index < -0.39 is 0 Å². The number of primary amides is 1. The minimum atomic E-state index is -0.385. The predicted octanol–water partition coefficient (Wildman–Crippen LogP) is -0.594. The largest absolute Gasteiger partial charge is 0.371 e. The van der Waals surface area contributed by atoms with E-state index >= 15 is 0 Å². The van der Waals surface area contributed by atoms with E-state index in [2.05, 4.69) is 5.32 Å². The fraction of sp³-hybridized carbons (Fsp3) is 0.625. The molecule has 1 rings (SSSR count). The quantitative estimate of drug-likeness (QED) is 0.544. The summed E-state index contributed by atoms with van der Waals surface area (Å²) in [6.07, 6.45) is 1.75. The first-order chi connectivity index (χ1) is 5.70. The van der Waals surface area contributed by atoms with Crippen LogP contribution in [0.4, 0.5) is 0 Å². The molecule has 0 aromatic heterocycles. The number of nitrogens with one attached hydrogen (secondary N) is 1. The Balaban J connectivity index is 2.47. The lowest BCUT2D eigenvalue weighted by Gasteiger charge is -2.21. The fourth-order valence-corrected chi connectivity index (χ4v) is 1.05. The Kier molecular flexibility index (Phi) is 3.25. The van der Waals surface area contributed by atoms with Crippen LogP contribution in [-0.4, -0.2) is 31.7 Å². The Morgan fingerprint density at radius 3 is 3.00 bits per heavy atom. The minimum absolute atomic E-state index is 0.00810. The molecule has 1 heterocycles. The molecule has 1 saturated heterocycles. The second-order valence-corrected chi connectivity index (χ2v) is 2.83. The second kappa shape index (κ2) is 4.23. The van der Waals surface area contributed by atoms with Gasteiger partial charge in [0.1, 0.15) is 0 Å². The molecule has 0 aliphatic carbocycles. The summed E-state index contributed by atoms with van der Waals surface area (Å²) in [6, 6.07) is 0. The maximum Gasteiger partial charge on any atom is 0.244 e. The van der Waals surface area contributed by atoms with Crippen LogP contribution in [-0.2, 0) is 9.53 Å². The molecule has 0 aromatic rings. The first-order valence-corrected chi connectivity index (χ1v) is 4.00. The van der Waals surface area contributed by atoms with Crippen molar-refractivity contribution < 1.29 is 9.53 Å². The van der Waals surface area contributed by atoms with Crippen LogP contribution in [0.2, 0.25) is 0 Å². The number of amides is 1. The van der Waals surface area contributed by atoms with Crippen molar-refractivity contribution in [3.8, 4) is 0 Å². The molecule has 0 radical (unpaired) electrons. The van der Waals surface area contributed by atoms with Gasteiger partial charge in [0, 0.05) is 18.7 Å². The van der Waals surface area contributed by atoms with Crippen molar-refractivity contribution in [3.05, 3.63) is 11.6 Å². The molecule has 3 N–H and O–H groups in total. The van der Waals surface area contributed by atoms with E-state index in [0.29, 0.717) is 12.2 Å². The van der Waals surface area contributed by atoms with Crippen molar-refractivity contribution in [3.63, 3.8) is 0 Å². The van der Waals surface area contributed by atoms with E-state index in [1.165, 1.54) is 0 Å². The maximum atomic E-state index is 10.7. The zero-order valence-corrected chi connectivity index (χ0v) is 7.17. The van der Waals surface area contributed by atoms with E-state index in [0.717, 1.165) is 13.1 Å². The van der Waals surface area contributed by atoms with Crippen LogP contribution >= 0.6 is 0 Å². The Morgan fingerprint density at radius 2 is 2.50 bits per heavy atom. The summed E-state index contributed by atoms with van der Waals surface area (Å²) < 4.78 is 5.35. The third-order valence-corrected chi connectivity index (χ3v) is 1.78. The third-order valence-electron chi connectivity index (χ3n) is 1.78. The van der Waals surface area contributed by atoms with Crippen LogP contribution in [0.25, 0.3) is 0 Å². The number of carbonyl (C=O) groups excluding carboxylic acids is 1. The van der Waals surface area contributed by atoms with E-state index in [9.17, 15) is 4.79 Å². The molecule has 12 heavy (non-hydrogen) atoms. The number of morpholine rings is 1. The summed E-state index contributed by atoms with van der Waals surface area (Å²) in [7, 11) is 0. The number of rotatable bonds is 2. The van der Waals surface area contributed by atoms with Gasteiger partial charge in [-0.25, -0.2) is 0 Å². The van der Waals surface area contributed by atoms with E-state index in [1.807, 2.05) is 0 Å². The molecule has 0 aromatic carbocycles. The summed E-state index contributed by atoms with van der Waals surface area (Å²) in [4.78, 5) is 10.7. The zero-order valence-electron chi connectivity index (χ0n) is 7.17. The van der Waals surface area contributed by atoms with E-state index in [-0.39, 0.29) is 12.0 Å². The van der Waals surface area contributed by atoms with Crippen LogP contribution in [0.3, 0.4) is 0 Å². The van der Waals surface area contributed by atoms with Crippen molar-refractivity contribution in [2.45, 2.75) is 13.0 Å². The normalized spacial score (nSPS) is 25.4. The summed E-state index contributed by atoms with van der Waals surface area (Å²) >= 11 is 0. The number of ether oxygens (including phenoxy) is 1.